The molecule has 1 atom stereocenters. The van der Waals surface area contributed by atoms with Crippen molar-refractivity contribution in [3.63, 3.8) is 0 Å². The molecule has 2 N–H and O–H groups in total. The van der Waals surface area contributed by atoms with Crippen LogP contribution < -0.4 is 10.2 Å². The molecule has 3 aromatic rings. The number of hydrogen-bond donors (Lipinski definition) is 2. The third-order valence-electron chi connectivity index (χ3n) is 5.80. The highest BCUT2D eigenvalue weighted by Gasteiger charge is 2.27. The van der Waals surface area contributed by atoms with E-state index in [0.717, 1.165) is 37.0 Å². The fourth-order valence-corrected chi connectivity index (χ4v) is 5.01. The number of aromatic amines is 1. The van der Waals surface area contributed by atoms with E-state index in [4.69, 9.17) is 14.7 Å². The van der Waals surface area contributed by atoms with E-state index in [1.54, 1.807) is 18.6 Å². The lowest BCUT2D eigenvalue weighted by Crippen LogP contribution is -2.44. The van der Waals surface area contributed by atoms with Crippen LogP contribution in [0.25, 0.3) is 22.4 Å². The Bertz CT molecular complexity index is 1210. The molecule has 1 unspecified atom stereocenters. The SMILES string of the molecule is CS(=O)(=O)N1CCCC(Nc2nc(N3CCOCC3)ncc2-c2cnc3[nH]ccc3n2)C1. The van der Waals surface area contributed by atoms with Crippen molar-refractivity contribution in [2.24, 2.45) is 0 Å². The Hall–Kier alpha value is -2.83. The van der Waals surface area contributed by atoms with Crippen LogP contribution in [0.1, 0.15) is 12.8 Å². The van der Waals surface area contributed by atoms with Gasteiger partial charge in [0.2, 0.25) is 16.0 Å². The lowest BCUT2D eigenvalue weighted by atomic mass is 10.1. The molecule has 0 saturated carbocycles. The van der Waals surface area contributed by atoms with Gasteiger partial charge in [0.25, 0.3) is 0 Å². The molecule has 11 nitrogen and oxygen atoms in total. The smallest absolute Gasteiger partial charge is 0.227 e. The van der Waals surface area contributed by atoms with Crippen molar-refractivity contribution in [1.82, 2.24) is 29.2 Å². The molecule has 0 aliphatic carbocycles. The second-order valence-electron chi connectivity index (χ2n) is 8.10. The van der Waals surface area contributed by atoms with Crippen molar-refractivity contribution in [3.8, 4) is 11.3 Å². The second-order valence-corrected chi connectivity index (χ2v) is 10.1. The largest absolute Gasteiger partial charge is 0.378 e. The van der Waals surface area contributed by atoms with Crippen molar-refractivity contribution in [2.45, 2.75) is 18.9 Å². The third kappa shape index (κ3) is 4.38. The summed E-state index contributed by atoms with van der Waals surface area (Å²) in [4.78, 5) is 23.7. The number of morpholine rings is 1. The Morgan fingerprint density at radius 2 is 2.00 bits per heavy atom. The molecule has 5 rings (SSSR count). The zero-order valence-electron chi connectivity index (χ0n) is 17.9. The predicted molar refractivity (Wildman–Crippen MR) is 121 cm³/mol. The van der Waals surface area contributed by atoms with E-state index < -0.39 is 10.0 Å². The van der Waals surface area contributed by atoms with Gasteiger partial charge in [-0.25, -0.2) is 27.7 Å². The maximum absolute atomic E-state index is 12.1. The number of nitrogens with one attached hydrogen (secondary N) is 2. The van der Waals surface area contributed by atoms with Gasteiger partial charge in [-0.3, -0.25) is 0 Å². The Kier molecular flexibility index (Phi) is 5.66. The molecule has 0 amide bonds. The van der Waals surface area contributed by atoms with Gasteiger partial charge in [-0.2, -0.15) is 4.98 Å². The van der Waals surface area contributed by atoms with Crippen LogP contribution in [0.15, 0.2) is 24.7 Å². The first-order chi connectivity index (χ1) is 15.5. The molecule has 2 aliphatic heterocycles. The first-order valence-corrected chi connectivity index (χ1v) is 12.5. The summed E-state index contributed by atoms with van der Waals surface area (Å²) in [5.41, 5.74) is 2.86. The molecule has 2 fully saturated rings. The number of fused-ring (bicyclic) bond motifs is 1. The van der Waals surface area contributed by atoms with Crippen molar-refractivity contribution >= 4 is 33.0 Å². The zero-order chi connectivity index (χ0) is 22.1. The Balaban J connectivity index is 1.49. The monoisotopic (exact) mass is 458 g/mol. The lowest BCUT2D eigenvalue weighted by Gasteiger charge is -2.32. The Morgan fingerprint density at radius 1 is 1.16 bits per heavy atom. The molecule has 32 heavy (non-hydrogen) atoms. The van der Waals surface area contributed by atoms with Gasteiger partial charge in [-0.15, -0.1) is 0 Å². The standard InChI is InChI=1S/C20H26N8O3S/c1-32(29,30)28-6-2-3-14(13-28)24-18-15(17-12-22-19-16(25-17)4-5-21-19)11-23-20(26-18)27-7-9-31-10-8-27/h4-5,11-12,14H,2-3,6-10,13H2,1H3,(H,21,22)(H,23,24,26). The topological polar surface area (TPSA) is 129 Å². The van der Waals surface area contributed by atoms with Gasteiger partial charge in [0.1, 0.15) is 11.3 Å². The molecular formula is C20H26N8O3S. The van der Waals surface area contributed by atoms with E-state index in [-0.39, 0.29) is 6.04 Å². The maximum Gasteiger partial charge on any atom is 0.227 e. The van der Waals surface area contributed by atoms with Crippen LogP contribution in [0.4, 0.5) is 11.8 Å². The highest BCUT2D eigenvalue weighted by molar-refractivity contribution is 7.88. The fourth-order valence-electron chi connectivity index (χ4n) is 4.10. The fraction of sp³-hybridized carbons (Fsp3) is 0.500. The van der Waals surface area contributed by atoms with Crippen LogP contribution >= 0.6 is 0 Å². The molecule has 0 spiro atoms. The number of anilines is 2. The quantitative estimate of drug-likeness (QED) is 0.577. The van der Waals surface area contributed by atoms with Crippen LogP contribution in [0.2, 0.25) is 0 Å². The molecule has 0 radical (unpaired) electrons. The third-order valence-corrected chi connectivity index (χ3v) is 7.07. The zero-order valence-corrected chi connectivity index (χ0v) is 18.7. The summed E-state index contributed by atoms with van der Waals surface area (Å²) >= 11 is 0. The van der Waals surface area contributed by atoms with Gasteiger partial charge in [0.15, 0.2) is 5.65 Å². The first kappa shape index (κ1) is 21.0. The molecule has 3 aromatic heterocycles. The van der Waals surface area contributed by atoms with Crippen molar-refractivity contribution in [2.75, 3.05) is 55.9 Å². The van der Waals surface area contributed by atoms with E-state index in [0.29, 0.717) is 49.4 Å². The van der Waals surface area contributed by atoms with Gasteiger partial charge in [-0.1, -0.05) is 0 Å². The van der Waals surface area contributed by atoms with Crippen LogP contribution in [-0.2, 0) is 14.8 Å². The van der Waals surface area contributed by atoms with Crippen LogP contribution in [0.5, 0.6) is 0 Å². The predicted octanol–water partition coefficient (Wildman–Crippen LogP) is 1.09. The van der Waals surface area contributed by atoms with Gasteiger partial charge in [0.05, 0.1) is 36.9 Å². The van der Waals surface area contributed by atoms with Gasteiger partial charge >= 0.3 is 0 Å². The average molecular weight is 459 g/mol. The minimum atomic E-state index is -3.24. The number of nitrogens with zero attached hydrogens (tertiary/aromatic N) is 6. The van der Waals surface area contributed by atoms with Crippen molar-refractivity contribution in [3.05, 3.63) is 24.7 Å². The summed E-state index contributed by atoms with van der Waals surface area (Å²) in [6.07, 6.45) is 8.15. The van der Waals surface area contributed by atoms with E-state index >= 15 is 0 Å². The van der Waals surface area contributed by atoms with E-state index in [1.807, 2.05) is 6.07 Å². The second kappa shape index (κ2) is 8.60. The number of aromatic nitrogens is 5. The summed E-state index contributed by atoms with van der Waals surface area (Å²) in [5.74, 6) is 1.25. The normalized spacial score (nSPS) is 20.5. The highest BCUT2D eigenvalue weighted by atomic mass is 32.2. The summed E-state index contributed by atoms with van der Waals surface area (Å²) < 4.78 is 31.1. The minimum Gasteiger partial charge on any atom is -0.378 e. The molecule has 170 valence electrons. The van der Waals surface area contributed by atoms with Crippen LogP contribution in [0, 0.1) is 0 Å². The van der Waals surface area contributed by atoms with Gasteiger partial charge in [0, 0.05) is 44.6 Å². The van der Waals surface area contributed by atoms with E-state index in [1.165, 1.54) is 10.6 Å². The van der Waals surface area contributed by atoms with E-state index in [2.05, 4.69) is 25.2 Å². The minimum absolute atomic E-state index is 0.0615. The molecule has 2 saturated heterocycles. The molecule has 0 bridgehead atoms. The number of hydrogen-bond acceptors (Lipinski definition) is 9. The van der Waals surface area contributed by atoms with Crippen molar-refractivity contribution < 1.29 is 13.2 Å². The van der Waals surface area contributed by atoms with Crippen LogP contribution in [0.3, 0.4) is 0 Å². The number of H-pyrrole nitrogens is 1. The summed E-state index contributed by atoms with van der Waals surface area (Å²) in [5, 5.41) is 3.48. The number of piperidine rings is 1. The molecule has 0 aromatic carbocycles. The molecular weight excluding hydrogens is 432 g/mol. The first-order valence-electron chi connectivity index (χ1n) is 10.7. The number of ether oxygens (including phenoxy) is 1. The van der Waals surface area contributed by atoms with Gasteiger partial charge < -0.3 is 19.9 Å². The molecule has 5 heterocycles. The number of sulfonamides is 1. The summed E-state index contributed by atoms with van der Waals surface area (Å²) in [6, 6.07) is 1.81. The number of rotatable bonds is 5. The summed E-state index contributed by atoms with van der Waals surface area (Å²) in [7, 11) is -3.24. The Morgan fingerprint density at radius 3 is 2.81 bits per heavy atom. The Labute approximate surface area is 186 Å². The van der Waals surface area contributed by atoms with Gasteiger partial charge in [-0.05, 0) is 18.9 Å². The van der Waals surface area contributed by atoms with Crippen LogP contribution in [-0.4, -0.2) is 89.3 Å². The molecule has 2 aliphatic rings. The molecule has 12 heteroatoms. The maximum atomic E-state index is 12.1. The van der Waals surface area contributed by atoms with E-state index in [9.17, 15) is 8.42 Å². The summed E-state index contributed by atoms with van der Waals surface area (Å²) in [6.45, 7) is 3.66. The average Bonchev–Trinajstić information content (AvgIpc) is 3.27. The van der Waals surface area contributed by atoms with Crippen molar-refractivity contribution in [1.29, 1.82) is 0 Å². The highest BCUT2D eigenvalue weighted by Crippen LogP contribution is 2.29. The lowest BCUT2D eigenvalue weighted by molar-refractivity contribution is 0.122.